The maximum absolute atomic E-state index is 11.8. The number of esters is 1. The Morgan fingerprint density at radius 3 is 2.76 bits per heavy atom. The van der Waals surface area contributed by atoms with Gasteiger partial charge in [-0.1, -0.05) is 15.9 Å². The van der Waals surface area contributed by atoms with E-state index in [0.717, 1.165) is 21.9 Å². The number of halogens is 1. The number of benzene rings is 1. The third kappa shape index (κ3) is 2.22. The predicted octanol–water partition coefficient (Wildman–Crippen LogP) is 3.60. The Balaban J connectivity index is 2.59. The number of rotatable bonds is 3. The standard InChI is InChI=1S/C13H14BrNO2/c1-3-15-11-6-5-10(14)7-9(11)8-12(15)13(16)17-4-2/h5-8H,3-4H2,1-2H3. The molecule has 2 rings (SSSR count). The van der Waals surface area contributed by atoms with E-state index < -0.39 is 0 Å². The SMILES string of the molecule is CCOC(=O)c1cc2cc(Br)ccc2n1CC. The number of aromatic nitrogens is 1. The smallest absolute Gasteiger partial charge is 0.354 e. The van der Waals surface area contributed by atoms with Gasteiger partial charge in [-0.05, 0) is 38.1 Å². The van der Waals surface area contributed by atoms with Crippen molar-refractivity contribution < 1.29 is 9.53 Å². The highest BCUT2D eigenvalue weighted by atomic mass is 79.9. The van der Waals surface area contributed by atoms with Gasteiger partial charge in [-0.15, -0.1) is 0 Å². The summed E-state index contributed by atoms with van der Waals surface area (Å²) in [6.45, 7) is 4.98. The molecule has 3 nitrogen and oxygen atoms in total. The monoisotopic (exact) mass is 295 g/mol. The van der Waals surface area contributed by atoms with Crippen molar-refractivity contribution in [2.45, 2.75) is 20.4 Å². The number of aryl methyl sites for hydroxylation is 1. The summed E-state index contributed by atoms with van der Waals surface area (Å²) in [5.41, 5.74) is 1.67. The molecular formula is C13H14BrNO2. The van der Waals surface area contributed by atoms with Gasteiger partial charge in [-0.25, -0.2) is 4.79 Å². The van der Waals surface area contributed by atoms with Crippen molar-refractivity contribution in [2.75, 3.05) is 6.61 Å². The Morgan fingerprint density at radius 2 is 2.12 bits per heavy atom. The molecule has 90 valence electrons. The molecule has 0 amide bonds. The molecule has 2 aromatic rings. The number of hydrogen-bond acceptors (Lipinski definition) is 2. The molecule has 1 heterocycles. The molecule has 0 bridgehead atoms. The molecular weight excluding hydrogens is 282 g/mol. The lowest BCUT2D eigenvalue weighted by molar-refractivity contribution is 0.0514. The molecule has 17 heavy (non-hydrogen) atoms. The van der Waals surface area contributed by atoms with E-state index in [1.807, 2.05) is 42.7 Å². The van der Waals surface area contributed by atoms with E-state index in [2.05, 4.69) is 15.9 Å². The molecule has 0 N–H and O–H groups in total. The fourth-order valence-electron chi connectivity index (χ4n) is 1.96. The van der Waals surface area contributed by atoms with Crippen LogP contribution in [0.25, 0.3) is 10.9 Å². The summed E-state index contributed by atoms with van der Waals surface area (Å²) >= 11 is 3.43. The lowest BCUT2D eigenvalue weighted by Crippen LogP contribution is -2.11. The number of hydrogen-bond donors (Lipinski definition) is 0. The zero-order valence-electron chi connectivity index (χ0n) is 9.87. The molecule has 0 radical (unpaired) electrons. The van der Waals surface area contributed by atoms with Crippen LogP contribution in [-0.2, 0) is 11.3 Å². The minimum Gasteiger partial charge on any atom is -0.461 e. The summed E-state index contributed by atoms with van der Waals surface area (Å²) < 4.78 is 8.04. The normalized spacial score (nSPS) is 10.8. The van der Waals surface area contributed by atoms with E-state index in [1.54, 1.807) is 0 Å². The van der Waals surface area contributed by atoms with Crippen molar-refractivity contribution in [2.24, 2.45) is 0 Å². The molecule has 0 aliphatic carbocycles. The minimum absolute atomic E-state index is 0.262. The van der Waals surface area contributed by atoms with E-state index in [0.29, 0.717) is 12.3 Å². The Labute approximate surface area is 108 Å². The zero-order chi connectivity index (χ0) is 12.4. The van der Waals surface area contributed by atoms with Crippen molar-refractivity contribution in [3.8, 4) is 0 Å². The van der Waals surface area contributed by atoms with Crippen molar-refractivity contribution >= 4 is 32.8 Å². The largest absolute Gasteiger partial charge is 0.461 e. The van der Waals surface area contributed by atoms with Crippen LogP contribution in [0.4, 0.5) is 0 Å². The van der Waals surface area contributed by atoms with Gasteiger partial charge in [0, 0.05) is 21.9 Å². The molecule has 0 fully saturated rings. The van der Waals surface area contributed by atoms with Gasteiger partial charge >= 0.3 is 5.97 Å². The number of ether oxygens (including phenoxy) is 1. The Hall–Kier alpha value is -1.29. The first-order valence-corrected chi connectivity index (χ1v) is 6.42. The van der Waals surface area contributed by atoms with Crippen molar-refractivity contribution in [3.05, 3.63) is 34.4 Å². The second-order valence-electron chi connectivity index (χ2n) is 3.70. The average molecular weight is 296 g/mol. The molecule has 0 aliphatic rings. The van der Waals surface area contributed by atoms with Crippen molar-refractivity contribution in [1.82, 2.24) is 4.57 Å². The van der Waals surface area contributed by atoms with E-state index in [1.165, 1.54) is 0 Å². The van der Waals surface area contributed by atoms with Crippen molar-refractivity contribution in [1.29, 1.82) is 0 Å². The summed E-state index contributed by atoms with van der Waals surface area (Å²) in [5.74, 6) is -0.262. The van der Waals surface area contributed by atoms with Gasteiger partial charge in [0.1, 0.15) is 5.69 Å². The number of carbonyl (C=O) groups excluding carboxylic acids is 1. The van der Waals surface area contributed by atoms with Crippen LogP contribution in [0.15, 0.2) is 28.7 Å². The summed E-state index contributed by atoms with van der Waals surface area (Å²) in [6.07, 6.45) is 0. The molecule has 1 aromatic heterocycles. The number of carbonyl (C=O) groups is 1. The fraction of sp³-hybridized carbons (Fsp3) is 0.308. The van der Waals surface area contributed by atoms with Crippen LogP contribution in [0.1, 0.15) is 24.3 Å². The second-order valence-corrected chi connectivity index (χ2v) is 4.61. The first kappa shape index (κ1) is 12.2. The lowest BCUT2D eigenvalue weighted by atomic mass is 10.2. The Bertz CT molecular complexity index is 560. The molecule has 0 saturated carbocycles. The van der Waals surface area contributed by atoms with Gasteiger partial charge in [0.2, 0.25) is 0 Å². The van der Waals surface area contributed by atoms with Gasteiger partial charge in [-0.3, -0.25) is 0 Å². The average Bonchev–Trinajstić information content (AvgIpc) is 2.66. The van der Waals surface area contributed by atoms with Gasteiger partial charge in [-0.2, -0.15) is 0 Å². The van der Waals surface area contributed by atoms with Crippen LogP contribution in [0.5, 0.6) is 0 Å². The highest BCUT2D eigenvalue weighted by Crippen LogP contribution is 2.24. The van der Waals surface area contributed by atoms with E-state index in [9.17, 15) is 4.79 Å². The van der Waals surface area contributed by atoms with Gasteiger partial charge in [0.25, 0.3) is 0 Å². The Morgan fingerprint density at radius 1 is 1.35 bits per heavy atom. The van der Waals surface area contributed by atoms with Gasteiger partial charge < -0.3 is 9.30 Å². The maximum Gasteiger partial charge on any atom is 0.354 e. The summed E-state index contributed by atoms with van der Waals surface area (Å²) in [4.78, 5) is 11.8. The van der Waals surface area contributed by atoms with Gasteiger partial charge in [0.15, 0.2) is 0 Å². The first-order valence-electron chi connectivity index (χ1n) is 5.63. The quantitative estimate of drug-likeness (QED) is 0.810. The number of nitrogens with zero attached hydrogens (tertiary/aromatic N) is 1. The van der Waals surface area contributed by atoms with Crippen LogP contribution in [0, 0.1) is 0 Å². The van der Waals surface area contributed by atoms with Crippen LogP contribution in [0.3, 0.4) is 0 Å². The molecule has 0 aliphatic heterocycles. The summed E-state index contributed by atoms with van der Waals surface area (Å²) in [6, 6.07) is 7.86. The van der Waals surface area contributed by atoms with Crippen LogP contribution in [0.2, 0.25) is 0 Å². The van der Waals surface area contributed by atoms with E-state index in [-0.39, 0.29) is 5.97 Å². The molecule has 0 atom stereocenters. The van der Waals surface area contributed by atoms with Crippen LogP contribution in [-0.4, -0.2) is 17.1 Å². The lowest BCUT2D eigenvalue weighted by Gasteiger charge is -2.06. The molecule has 0 spiro atoms. The predicted molar refractivity (Wildman–Crippen MR) is 71.3 cm³/mol. The third-order valence-corrected chi connectivity index (χ3v) is 3.16. The second kappa shape index (κ2) is 4.92. The maximum atomic E-state index is 11.8. The van der Waals surface area contributed by atoms with Crippen molar-refractivity contribution in [3.63, 3.8) is 0 Å². The molecule has 0 unspecified atom stereocenters. The first-order chi connectivity index (χ1) is 8.17. The van der Waals surface area contributed by atoms with Crippen LogP contribution < -0.4 is 0 Å². The highest BCUT2D eigenvalue weighted by Gasteiger charge is 2.15. The zero-order valence-corrected chi connectivity index (χ0v) is 11.5. The highest BCUT2D eigenvalue weighted by molar-refractivity contribution is 9.10. The topological polar surface area (TPSA) is 31.2 Å². The van der Waals surface area contributed by atoms with Crippen LogP contribution >= 0.6 is 15.9 Å². The molecule has 1 aromatic carbocycles. The third-order valence-electron chi connectivity index (χ3n) is 2.66. The minimum atomic E-state index is -0.262. The van der Waals surface area contributed by atoms with Gasteiger partial charge in [0.05, 0.1) is 6.61 Å². The van der Waals surface area contributed by atoms with E-state index in [4.69, 9.17) is 4.74 Å². The fourth-order valence-corrected chi connectivity index (χ4v) is 2.34. The number of fused-ring (bicyclic) bond motifs is 1. The molecule has 0 saturated heterocycles. The molecule has 4 heteroatoms. The van der Waals surface area contributed by atoms with E-state index >= 15 is 0 Å². The summed E-state index contributed by atoms with van der Waals surface area (Å²) in [7, 11) is 0. The Kier molecular flexibility index (Phi) is 3.52. The summed E-state index contributed by atoms with van der Waals surface area (Å²) in [5, 5.41) is 1.05.